The molecule has 0 radical (unpaired) electrons. The SMILES string of the molecule is Cc1ccc(NC(=O)C2CCC(C(F)(F)F)CN2)c(C)c1. The fourth-order valence-electron chi connectivity index (χ4n) is 2.53. The minimum atomic E-state index is -4.19. The van der Waals surface area contributed by atoms with Crippen LogP contribution in [0.25, 0.3) is 0 Å². The zero-order valence-corrected chi connectivity index (χ0v) is 12.1. The molecule has 1 aliphatic heterocycles. The fourth-order valence-corrected chi connectivity index (χ4v) is 2.53. The van der Waals surface area contributed by atoms with Crippen LogP contribution in [0.1, 0.15) is 24.0 Å². The first kappa shape index (κ1) is 15.8. The topological polar surface area (TPSA) is 41.1 Å². The number of anilines is 1. The maximum Gasteiger partial charge on any atom is 0.393 e. The van der Waals surface area contributed by atoms with Gasteiger partial charge in [0.1, 0.15) is 0 Å². The maximum atomic E-state index is 12.6. The predicted octanol–water partition coefficient (Wildman–Crippen LogP) is 3.17. The number of piperidine rings is 1. The summed E-state index contributed by atoms with van der Waals surface area (Å²) < 4.78 is 37.7. The summed E-state index contributed by atoms with van der Waals surface area (Å²) in [5, 5.41) is 5.47. The van der Waals surface area contributed by atoms with Crippen molar-refractivity contribution in [2.45, 2.75) is 38.9 Å². The van der Waals surface area contributed by atoms with Gasteiger partial charge in [-0.05, 0) is 38.3 Å². The van der Waals surface area contributed by atoms with E-state index in [-0.39, 0.29) is 25.3 Å². The van der Waals surface area contributed by atoms with Crippen LogP contribution in [-0.4, -0.2) is 24.7 Å². The Bertz CT molecular complexity index is 520. The van der Waals surface area contributed by atoms with Crippen LogP contribution in [-0.2, 0) is 4.79 Å². The molecule has 2 rings (SSSR count). The third kappa shape index (κ3) is 3.97. The molecule has 116 valence electrons. The molecule has 1 saturated heterocycles. The van der Waals surface area contributed by atoms with E-state index in [4.69, 9.17) is 0 Å². The van der Waals surface area contributed by atoms with Gasteiger partial charge in [-0.1, -0.05) is 17.7 Å². The Morgan fingerprint density at radius 3 is 2.52 bits per heavy atom. The first-order valence-electron chi connectivity index (χ1n) is 6.95. The summed E-state index contributed by atoms with van der Waals surface area (Å²) in [5.41, 5.74) is 2.73. The lowest BCUT2D eigenvalue weighted by Crippen LogP contribution is -2.49. The van der Waals surface area contributed by atoms with Crippen molar-refractivity contribution in [2.24, 2.45) is 5.92 Å². The predicted molar refractivity (Wildman–Crippen MR) is 75.1 cm³/mol. The number of carbonyl (C=O) groups excluding carboxylic acids is 1. The van der Waals surface area contributed by atoms with E-state index in [0.29, 0.717) is 5.69 Å². The molecule has 0 aliphatic carbocycles. The highest BCUT2D eigenvalue weighted by Crippen LogP contribution is 2.32. The largest absolute Gasteiger partial charge is 0.393 e. The highest BCUT2D eigenvalue weighted by molar-refractivity contribution is 5.95. The van der Waals surface area contributed by atoms with Crippen molar-refractivity contribution in [3.8, 4) is 0 Å². The van der Waals surface area contributed by atoms with Gasteiger partial charge in [0.05, 0.1) is 12.0 Å². The molecule has 2 N–H and O–H groups in total. The minimum absolute atomic E-state index is 0.0124. The summed E-state index contributed by atoms with van der Waals surface area (Å²) in [6.45, 7) is 3.64. The number of benzene rings is 1. The number of aryl methyl sites for hydroxylation is 2. The molecule has 2 atom stereocenters. The molecule has 1 fully saturated rings. The average molecular weight is 300 g/mol. The molecule has 3 nitrogen and oxygen atoms in total. The van der Waals surface area contributed by atoms with Gasteiger partial charge in [-0.3, -0.25) is 4.79 Å². The number of hydrogen-bond donors (Lipinski definition) is 2. The standard InChI is InChI=1S/C15H19F3N2O/c1-9-3-5-12(10(2)7-9)20-14(21)13-6-4-11(8-19-13)15(16,17)18/h3,5,7,11,13,19H,4,6,8H2,1-2H3,(H,20,21). The molecule has 0 aromatic heterocycles. The average Bonchev–Trinajstić information content (AvgIpc) is 2.41. The Kier molecular flexibility index (Phi) is 4.56. The van der Waals surface area contributed by atoms with E-state index in [1.54, 1.807) is 0 Å². The van der Waals surface area contributed by atoms with Crippen LogP contribution in [0, 0.1) is 19.8 Å². The van der Waals surface area contributed by atoms with Gasteiger partial charge >= 0.3 is 6.18 Å². The number of halogens is 3. The number of nitrogens with one attached hydrogen (secondary N) is 2. The van der Waals surface area contributed by atoms with Gasteiger partial charge in [0.2, 0.25) is 5.91 Å². The number of rotatable bonds is 2. The number of amides is 1. The highest BCUT2D eigenvalue weighted by Gasteiger charge is 2.42. The molecule has 21 heavy (non-hydrogen) atoms. The monoisotopic (exact) mass is 300 g/mol. The van der Waals surface area contributed by atoms with E-state index in [9.17, 15) is 18.0 Å². The van der Waals surface area contributed by atoms with Gasteiger partial charge in [0.15, 0.2) is 0 Å². The van der Waals surface area contributed by atoms with E-state index in [0.717, 1.165) is 11.1 Å². The number of alkyl halides is 3. The zero-order chi connectivity index (χ0) is 15.6. The molecule has 0 bridgehead atoms. The minimum Gasteiger partial charge on any atom is -0.324 e. The van der Waals surface area contributed by atoms with Crippen LogP contribution in [0.4, 0.5) is 18.9 Å². The first-order chi connectivity index (χ1) is 9.77. The van der Waals surface area contributed by atoms with Crippen LogP contribution >= 0.6 is 0 Å². The van der Waals surface area contributed by atoms with Gasteiger partial charge in [-0.25, -0.2) is 0 Å². The number of carbonyl (C=O) groups is 1. The second-order valence-corrected chi connectivity index (χ2v) is 5.58. The van der Waals surface area contributed by atoms with E-state index in [2.05, 4.69) is 10.6 Å². The summed E-state index contributed by atoms with van der Waals surface area (Å²) in [6, 6.07) is 5.08. The van der Waals surface area contributed by atoms with E-state index in [1.165, 1.54) is 0 Å². The van der Waals surface area contributed by atoms with Gasteiger partial charge in [0.25, 0.3) is 0 Å². The van der Waals surface area contributed by atoms with Crippen molar-refractivity contribution < 1.29 is 18.0 Å². The second-order valence-electron chi connectivity index (χ2n) is 5.58. The molecule has 1 aromatic carbocycles. The molecule has 1 aliphatic rings. The molecular formula is C15H19F3N2O. The lowest BCUT2D eigenvalue weighted by Gasteiger charge is -2.30. The summed E-state index contributed by atoms with van der Waals surface area (Å²) in [5.74, 6) is -1.63. The van der Waals surface area contributed by atoms with Crippen molar-refractivity contribution >= 4 is 11.6 Å². The van der Waals surface area contributed by atoms with Gasteiger partial charge in [0, 0.05) is 12.2 Å². The maximum absolute atomic E-state index is 12.6. The summed E-state index contributed by atoms with van der Waals surface area (Å²) in [7, 11) is 0. The van der Waals surface area contributed by atoms with E-state index < -0.39 is 18.1 Å². The van der Waals surface area contributed by atoms with Gasteiger partial charge in [-0.15, -0.1) is 0 Å². The van der Waals surface area contributed by atoms with Crippen LogP contribution in [0.5, 0.6) is 0 Å². The van der Waals surface area contributed by atoms with Gasteiger partial charge < -0.3 is 10.6 Å². The molecule has 1 heterocycles. The summed E-state index contributed by atoms with van der Waals surface area (Å²) >= 11 is 0. The van der Waals surface area contributed by atoms with Crippen molar-refractivity contribution in [3.05, 3.63) is 29.3 Å². The smallest absolute Gasteiger partial charge is 0.324 e. The van der Waals surface area contributed by atoms with E-state index in [1.807, 2.05) is 32.0 Å². The van der Waals surface area contributed by atoms with Gasteiger partial charge in [-0.2, -0.15) is 13.2 Å². The zero-order valence-electron chi connectivity index (χ0n) is 12.1. The third-order valence-corrected chi connectivity index (χ3v) is 3.83. The summed E-state index contributed by atoms with van der Waals surface area (Å²) in [6.07, 6.45) is -4.01. The molecule has 2 unspecified atom stereocenters. The molecular weight excluding hydrogens is 281 g/mol. The second kappa shape index (κ2) is 6.05. The molecule has 0 saturated carbocycles. The summed E-state index contributed by atoms with van der Waals surface area (Å²) in [4.78, 5) is 12.1. The van der Waals surface area contributed by atoms with Crippen molar-refractivity contribution in [1.29, 1.82) is 0 Å². The van der Waals surface area contributed by atoms with Crippen molar-refractivity contribution in [2.75, 3.05) is 11.9 Å². The Balaban J connectivity index is 1.93. The fraction of sp³-hybridized carbons (Fsp3) is 0.533. The normalized spacial score (nSPS) is 22.9. The van der Waals surface area contributed by atoms with Crippen LogP contribution in [0.15, 0.2) is 18.2 Å². The molecule has 6 heteroatoms. The Morgan fingerprint density at radius 1 is 1.29 bits per heavy atom. The Hall–Kier alpha value is -1.56. The van der Waals surface area contributed by atoms with Crippen molar-refractivity contribution in [1.82, 2.24) is 5.32 Å². The molecule has 1 aromatic rings. The van der Waals surface area contributed by atoms with Crippen molar-refractivity contribution in [3.63, 3.8) is 0 Å². The lowest BCUT2D eigenvalue weighted by atomic mass is 9.94. The third-order valence-electron chi connectivity index (χ3n) is 3.83. The lowest BCUT2D eigenvalue weighted by molar-refractivity contribution is -0.180. The Labute approximate surface area is 121 Å². The number of hydrogen-bond acceptors (Lipinski definition) is 2. The van der Waals surface area contributed by atoms with Crippen LogP contribution in [0.3, 0.4) is 0 Å². The quantitative estimate of drug-likeness (QED) is 0.881. The molecule has 1 amide bonds. The van der Waals surface area contributed by atoms with Crippen LogP contribution < -0.4 is 10.6 Å². The highest BCUT2D eigenvalue weighted by atomic mass is 19.4. The molecule has 0 spiro atoms. The van der Waals surface area contributed by atoms with Crippen LogP contribution in [0.2, 0.25) is 0 Å². The first-order valence-corrected chi connectivity index (χ1v) is 6.95. The Morgan fingerprint density at radius 2 is 2.00 bits per heavy atom. The van der Waals surface area contributed by atoms with E-state index >= 15 is 0 Å².